The molecule has 2 aliphatic rings. The molecule has 2 N–H and O–H groups in total. The maximum Gasteiger partial charge on any atom is 0.230 e. The number of pyridine rings is 2. The molecular weight excluding hydrogens is 432 g/mol. The zero-order valence-electron chi connectivity index (χ0n) is 19.1. The molecule has 3 aromatic rings. The molecule has 174 valence electrons. The summed E-state index contributed by atoms with van der Waals surface area (Å²) in [6, 6.07) is 6.18. The lowest BCUT2D eigenvalue weighted by atomic mass is 9.93. The maximum atomic E-state index is 9.74. The summed E-state index contributed by atoms with van der Waals surface area (Å²) in [6.07, 6.45) is 11.4. The third kappa shape index (κ3) is 4.18. The summed E-state index contributed by atoms with van der Waals surface area (Å²) in [5.74, 6) is 1.30. The van der Waals surface area contributed by atoms with Gasteiger partial charge in [-0.3, -0.25) is 14.7 Å². The number of hydrogen-bond acceptors (Lipinski definition) is 9. The first kappa shape index (κ1) is 21.9. The highest BCUT2D eigenvalue weighted by Crippen LogP contribution is 2.36. The molecule has 10 heteroatoms. The summed E-state index contributed by atoms with van der Waals surface area (Å²) in [4.78, 5) is 8.70. The van der Waals surface area contributed by atoms with Gasteiger partial charge in [0.15, 0.2) is 6.23 Å². The van der Waals surface area contributed by atoms with Crippen LogP contribution in [-0.4, -0.2) is 62.2 Å². The van der Waals surface area contributed by atoms with Crippen molar-refractivity contribution >= 4 is 22.6 Å². The standard InChI is InChI=1S/C24H26N8O2/c1-26-21-10-20-19(14-28-21)24(16-9-15(11-25)12-27-13-16)30-32(20)17-3-5-18(6-4-17)34-22-7-8-23(33)31(2)29-22/h7-10,12-14,17-18,23,33H,3-6H2,1-2H3,(H,26,28). The summed E-state index contributed by atoms with van der Waals surface area (Å²) < 4.78 is 8.17. The van der Waals surface area contributed by atoms with E-state index < -0.39 is 6.23 Å². The molecule has 0 bridgehead atoms. The van der Waals surface area contributed by atoms with Gasteiger partial charge in [0.25, 0.3) is 0 Å². The average molecular weight is 459 g/mol. The van der Waals surface area contributed by atoms with E-state index in [1.807, 2.05) is 25.4 Å². The molecule has 0 spiro atoms. The van der Waals surface area contributed by atoms with Crippen LogP contribution in [0, 0.1) is 11.3 Å². The van der Waals surface area contributed by atoms with Crippen molar-refractivity contribution in [3.05, 3.63) is 48.4 Å². The number of hydrogen-bond donors (Lipinski definition) is 2. The molecule has 34 heavy (non-hydrogen) atoms. The third-order valence-electron chi connectivity index (χ3n) is 6.32. The maximum absolute atomic E-state index is 9.74. The number of nitrogens with one attached hydrogen (secondary N) is 1. The molecule has 1 unspecified atom stereocenters. The Labute approximate surface area is 197 Å². The lowest BCUT2D eigenvalue weighted by Crippen LogP contribution is -2.32. The molecule has 10 nitrogen and oxygen atoms in total. The molecule has 5 rings (SSSR count). The van der Waals surface area contributed by atoms with E-state index in [9.17, 15) is 10.4 Å². The number of nitriles is 1. The number of fused-ring (bicyclic) bond motifs is 1. The highest BCUT2D eigenvalue weighted by atomic mass is 16.5. The predicted octanol–water partition coefficient (Wildman–Crippen LogP) is 3.04. The second-order valence-corrected chi connectivity index (χ2v) is 8.54. The van der Waals surface area contributed by atoms with Gasteiger partial charge in [-0.05, 0) is 37.8 Å². The summed E-state index contributed by atoms with van der Waals surface area (Å²) in [6.45, 7) is 0. The van der Waals surface area contributed by atoms with Gasteiger partial charge in [0, 0.05) is 55.8 Å². The largest absolute Gasteiger partial charge is 0.473 e. The Morgan fingerprint density at radius 1 is 1.18 bits per heavy atom. The third-order valence-corrected chi connectivity index (χ3v) is 6.32. The number of likely N-dealkylation sites (N-methyl/N-ethyl adjacent to an activating group) is 1. The first-order valence-corrected chi connectivity index (χ1v) is 11.3. The van der Waals surface area contributed by atoms with E-state index in [2.05, 4.69) is 31.1 Å². The highest BCUT2D eigenvalue weighted by molar-refractivity contribution is 5.94. The van der Waals surface area contributed by atoms with Gasteiger partial charge >= 0.3 is 0 Å². The van der Waals surface area contributed by atoms with E-state index in [0.29, 0.717) is 11.5 Å². The van der Waals surface area contributed by atoms with Crippen molar-refractivity contribution in [1.29, 1.82) is 5.26 Å². The van der Waals surface area contributed by atoms with Crippen molar-refractivity contribution in [2.75, 3.05) is 19.4 Å². The molecule has 0 amide bonds. The summed E-state index contributed by atoms with van der Waals surface area (Å²) in [7, 11) is 3.56. The van der Waals surface area contributed by atoms with Gasteiger partial charge in [-0.2, -0.15) is 10.4 Å². The molecule has 1 aliphatic heterocycles. The minimum Gasteiger partial charge on any atom is -0.473 e. The van der Waals surface area contributed by atoms with Crippen molar-refractivity contribution in [2.24, 2.45) is 5.10 Å². The van der Waals surface area contributed by atoms with Crippen LogP contribution in [0.25, 0.3) is 22.2 Å². The van der Waals surface area contributed by atoms with Gasteiger partial charge < -0.3 is 15.2 Å². The number of rotatable bonds is 4. The number of hydrazone groups is 1. The van der Waals surface area contributed by atoms with Crippen molar-refractivity contribution < 1.29 is 9.84 Å². The van der Waals surface area contributed by atoms with E-state index >= 15 is 0 Å². The molecule has 0 radical (unpaired) electrons. The first-order chi connectivity index (χ1) is 16.6. The zero-order valence-corrected chi connectivity index (χ0v) is 19.1. The Balaban J connectivity index is 1.40. The monoisotopic (exact) mass is 458 g/mol. The Morgan fingerprint density at radius 2 is 2.00 bits per heavy atom. The fraction of sp³-hybridized carbons (Fsp3) is 0.375. The number of anilines is 1. The predicted molar refractivity (Wildman–Crippen MR) is 128 cm³/mol. The van der Waals surface area contributed by atoms with E-state index in [1.54, 1.807) is 31.6 Å². The minimum atomic E-state index is -0.716. The summed E-state index contributed by atoms with van der Waals surface area (Å²) >= 11 is 0. The zero-order chi connectivity index (χ0) is 23.7. The summed E-state index contributed by atoms with van der Waals surface area (Å²) in [5, 5.41) is 33.8. The average Bonchev–Trinajstić information content (AvgIpc) is 3.25. The second-order valence-electron chi connectivity index (χ2n) is 8.54. The number of nitrogens with zero attached hydrogens (tertiary/aromatic N) is 7. The van der Waals surface area contributed by atoms with Crippen LogP contribution >= 0.6 is 0 Å². The van der Waals surface area contributed by atoms with Crippen LogP contribution < -0.4 is 5.32 Å². The quantitative estimate of drug-likeness (QED) is 0.611. The smallest absolute Gasteiger partial charge is 0.230 e. The van der Waals surface area contributed by atoms with Crippen molar-refractivity contribution in [3.8, 4) is 17.3 Å². The van der Waals surface area contributed by atoms with E-state index in [4.69, 9.17) is 9.84 Å². The molecule has 1 atom stereocenters. The number of aliphatic hydroxyl groups excluding tert-OH is 1. The van der Waals surface area contributed by atoms with Gasteiger partial charge in [0.05, 0.1) is 17.1 Å². The Morgan fingerprint density at radius 3 is 2.74 bits per heavy atom. The van der Waals surface area contributed by atoms with Crippen LogP contribution in [0.3, 0.4) is 0 Å². The fourth-order valence-corrected chi connectivity index (χ4v) is 4.47. The SMILES string of the molecule is CNc1cc2c(cn1)c(-c1cncc(C#N)c1)nn2C1CCC(OC2=NN(C)C(O)C=C2)CC1. The van der Waals surface area contributed by atoms with E-state index in [-0.39, 0.29) is 12.1 Å². The molecule has 1 fully saturated rings. The molecule has 4 heterocycles. The second kappa shape index (κ2) is 9.11. The van der Waals surface area contributed by atoms with Crippen LogP contribution in [-0.2, 0) is 4.74 Å². The van der Waals surface area contributed by atoms with Gasteiger partial charge in [-0.15, -0.1) is 5.10 Å². The van der Waals surface area contributed by atoms with Gasteiger partial charge in [0.1, 0.15) is 23.7 Å². The Bertz CT molecular complexity index is 1300. The Kier molecular flexibility index (Phi) is 5.86. The molecule has 3 aromatic heterocycles. The molecule has 1 aliphatic carbocycles. The Hall–Kier alpha value is -3.97. The topological polar surface area (TPSA) is 124 Å². The number of ether oxygens (including phenoxy) is 1. The normalized spacial score (nSPS) is 22.4. The number of aliphatic hydroxyl groups is 1. The van der Waals surface area contributed by atoms with Crippen LogP contribution in [0.4, 0.5) is 5.82 Å². The van der Waals surface area contributed by atoms with Crippen molar-refractivity contribution in [3.63, 3.8) is 0 Å². The fourth-order valence-electron chi connectivity index (χ4n) is 4.47. The lowest BCUT2D eigenvalue weighted by molar-refractivity contribution is 0.0532. The molecule has 0 aromatic carbocycles. The van der Waals surface area contributed by atoms with Gasteiger partial charge in [0.2, 0.25) is 5.90 Å². The first-order valence-electron chi connectivity index (χ1n) is 11.3. The lowest BCUT2D eigenvalue weighted by Gasteiger charge is -2.30. The van der Waals surface area contributed by atoms with Crippen molar-refractivity contribution in [1.82, 2.24) is 24.8 Å². The minimum absolute atomic E-state index is 0.0654. The molecular formula is C24H26N8O2. The summed E-state index contributed by atoms with van der Waals surface area (Å²) in [5.41, 5.74) is 3.07. The van der Waals surface area contributed by atoms with Gasteiger partial charge in [-0.25, -0.2) is 4.98 Å². The van der Waals surface area contributed by atoms with Crippen LogP contribution in [0.1, 0.15) is 37.3 Å². The van der Waals surface area contributed by atoms with Crippen LogP contribution in [0.5, 0.6) is 0 Å². The highest BCUT2D eigenvalue weighted by Gasteiger charge is 2.28. The van der Waals surface area contributed by atoms with Crippen molar-refractivity contribution in [2.45, 2.75) is 44.1 Å². The van der Waals surface area contributed by atoms with E-state index in [0.717, 1.165) is 53.7 Å². The molecule has 1 saturated carbocycles. The van der Waals surface area contributed by atoms with Crippen LogP contribution in [0.2, 0.25) is 0 Å². The number of aromatic nitrogens is 4. The molecule has 0 saturated heterocycles. The van der Waals surface area contributed by atoms with Gasteiger partial charge in [-0.1, -0.05) is 0 Å². The van der Waals surface area contributed by atoms with E-state index in [1.165, 1.54) is 5.01 Å². The van der Waals surface area contributed by atoms with Crippen LogP contribution in [0.15, 0.2) is 48.0 Å².